The summed E-state index contributed by atoms with van der Waals surface area (Å²) in [6.45, 7) is 5.67. The van der Waals surface area contributed by atoms with E-state index in [-0.39, 0.29) is 11.6 Å². The highest BCUT2D eigenvalue weighted by molar-refractivity contribution is 5.74. The van der Waals surface area contributed by atoms with E-state index in [0.717, 1.165) is 24.9 Å². The Hall–Kier alpha value is -2.51. The Kier molecular flexibility index (Phi) is 5.80. The Labute approximate surface area is 152 Å². The van der Waals surface area contributed by atoms with Gasteiger partial charge in [0.15, 0.2) is 0 Å². The Morgan fingerprint density at radius 3 is 2.77 bits per heavy atom. The molecule has 1 atom stereocenters. The maximum atomic E-state index is 13.2. The predicted octanol–water partition coefficient (Wildman–Crippen LogP) is 2.13. The Morgan fingerprint density at radius 2 is 2.08 bits per heavy atom. The third kappa shape index (κ3) is 3.68. The quantitative estimate of drug-likeness (QED) is 0.601. The molecular weight excluding hydrogens is 330 g/mol. The molecule has 2 aromatic heterocycles. The smallest absolute Gasteiger partial charge is 0.267 e. The largest absolute Gasteiger partial charge is 0.335 e. The molecule has 0 aliphatic rings. The van der Waals surface area contributed by atoms with Gasteiger partial charge in [0.1, 0.15) is 11.2 Å². The monoisotopic (exact) mass is 355 g/mol. The summed E-state index contributed by atoms with van der Waals surface area (Å²) in [5.74, 6) is 0.669. The van der Waals surface area contributed by atoms with Crippen LogP contribution in [0.15, 0.2) is 39.6 Å². The van der Waals surface area contributed by atoms with Crippen LogP contribution >= 0.6 is 0 Å². The molecule has 3 aromatic rings. The van der Waals surface area contributed by atoms with Crippen LogP contribution in [0, 0.1) is 6.92 Å². The second kappa shape index (κ2) is 8.25. The highest BCUT2D eigenvalue weighted by Crippen LogP contribution is 2.19. The van der Waals surface area contributed by atoms with E-state index in [1.54, 1.807) is 11.5 Å². The molecule has 0 saturated heterocycles. The van der Waals surface area contributed by atoms with Crippen LogP contribution in [-0.2, 0) is 6.54 Å². The summed E-state index contributed by atoms with van der Waals surface area (Å²) in [4.78, 5) is 17.8. The summed E-state index contributed by atoms with van der Waals surface area (Å²) in [7, 11) is 0. The van der Waals surface area contributed by atoms with Crippen LogP contribution in [0.5, 0.6) is 0 Å². The van der Waals surface area contributed by atoms with Gasteiger partial charge in [-0.05, 0) is 38.4 Å². The first-order valence-electron chi connectivity index (χ1n) is 8.99. The van der Waals surface area contributed by atoms with Gasteiger partial charge < -0.3 is 15.6 Å². The molecular formula is C19H25N5O2. The highest BCUT2D eigenvalue weighted by Gasteiger charge is 2.22. The molecule has 0 saturated carbocycles. The molecule has 2 heterocycles. The molecule has 26 heavy (non-hydrogen) atoms. The van der Waals surface area contributed by atoms with Gasteiger partial charge >= 0.3 is 0 Å². The summed E-state index contributed by atoms with van der Waals surface area (Å²) in [5, 5.41) is 7.81. The normalized spacial score (nSPS) is 12.6. The molecule has 138 valence electrons. The summed E-state index contributed by atoms with van der Waals surface area (Å²) in [6, 6.07) is 9.84. The van der Waals surface area contributed by atoms with Crippen molar-refractivity contribution in [3.63, 3.8) is 0 Å². The summed E-state index contributed by atoms with van der Waals surface area (Å²) >= 11 is 0. The second-order valence-electron chi connectivity index (χ2n) is 6.35. The first-order valence-corrected chi connectivity index (χ1v) is 8.99. The molecule has 3 N–H and O–H groups in total. The lowest BCUT2D eigenvalue weighted by atomic mass is 10.1. The Bertz CT molecular complexity index is 917. The van der Waals surface area contributed by atoms with Gasteiger partial charge in [-0.25, -0.2) is 0 Å². The second-order valence-corrected chi connectivity index (χ2v) is 6.35. The van der Waals surface area contributed by atoms with E-state index in [0.29, 0.717) is 35.7 Å². The predicted molar refractivity (Wildman–Crippen MR) is 101 cm³/mol. The zero-order valence-corrected chi connectivity index (χ0v) is 15.2. The van der Waals surface area contributed by atoms with Gasteiger partial charge in [0.2, 0.25) is 0 Å². The molecule has 0 radical (unpaired) electrons. The van der Waals surface area contributed by atoms with Gasteiger partial charge in [0.05, 0.1) is 18.3 Å². The van der Waals surface area contributed by atoms with Gasteiger partial charge in [-0.2, -0.15) is 4.98 Å². The van der Waals surface area contributed by atoms with Crippen molar-refractivity contribution < 1.29 is 4.52 Å². The van der Waals surface area contributed by atoms with E-state index in [1.807, 2.05) is 30.3 Å². The molecule has 1 aromatic carbocycles. The van der Waals surface area contributed by atoms with Gasteiger partial charge in [-0.15, -0.1) is 0 Å². The van der Waals surface area contributed by atoms with Gasteiger partial charge in [0.25, 0.3) is 11.3 Å². The van der Waals surface area contributed by atoms with Crippen LogP contribution in [0.25, 0.3) is 11.1 Å². The van der Waals surface area contributed by atoms with Gasteiger partial charge in [-0.3, -0.25) is 9.36 Å². The molecule has 0 fully saturated rings. The van der Waals surface area contributed by atoms with Crippen LogP contribution in [0.4, 0.5) is 0 Å². The molecule has 7 nitrogen and oxygen atoms in total. The van der Waals surface area contributed by atoms with E-state index < -0.39 is 0 Å². The average molecular weight is 355 g/mol. The van der Waals surface area contributed by atoms with Crippen molar-refractivity contribution in [2.75, 3.05) is 13.1 Å². The number of rotatable bonds is 8. The Morgan fingerprint density at radius 1 is 1.31 bits per heavy atom. The number of fused-ring (bicyclic) bond motifs is 1. The summed E-state index contributed by atoms with van der Waals surface area (Å²) in [5.41, 5.74) is 7.38. The fourth-order valence-corrected chi connectivity index (χ4v) is 3.07. The fourth-order valence-electron chi connectivity index (χ4n) is 3.07. The lowest BCUT2D eigenvalue weighted by Crippen LogP contribution is -2.33. The first kappa shape index (κ1) is 18.3. The molecule has 0 spiro atoms. The third-order valence-electron chi connectivity index (χ3n) is 4.47. The molecule has 3 rings (SSSR count). The number of hydrogen-bond donors (Lipinski definition) is 2. The van der Waals surface area contributed by atoms with Crippen LogP contribution in [0.3, 0.4) is 0 Å². The number of aromatic nitrogens is 3. The molecule has 0 amide bonds. The number of nitrogens with one attached hydrogen (secondary N) is 1. The topological polar surface area (TPSA) is 99.0 Å². The maximum Gasteiger partial charge on any atom is 0.267 e. The van der Waals surface area contributed by atoms with E-state index in [4.69, 9.17) is 10.3 Å². The summed E-state index contributed by atoms with van der Waals surface area (Å²) in [6.07, 6.45) is 1.66. The number of nitrogens with two attached hydrogens (primary N) is 1. The third-order valence-corrected chi connectivity index (χ3v) is 4.47. The van der Waals surface area contributed by atoms with Crippen LogP contribution in [0.1, 0.15) is 42.9 Å². The lowest BCUT2D eigenvalue weighted by molar-refractivity contribution is 0.429. The van der Waals surface area contributed by atoms with E-state index >= 15 is 0 Å². The summed E-state index contributed by atoms with van der Waals surface area (Å²) < 4.78 is 7.00. The van der Waals surface area contributed by atoms with Crippen molar-refractivity contribution in [1.82, 2.24) is 20.0 Å². The zero-order chi connectivity index (χ0) is 18.5. The molecule has 0 bridgehead atoms. The van der Waals surface area contributed by atoms with Crippen molar-refractivity contribution in [1.29, 1.82) is 0 Å². The minimum atomic E-state index is -0.119. The van der Waals surface area contributed by atoms with Crippen molar-refractivity contribution in [3.8, 4) is 0 Å². The van der Waals surface area contributed by atoms with Crippen LogP contribution < -0.4 is 16.6 Å². The van der Waals surface area contributed by atoms with Gasteiger partial charge in [-0.1, -0.05) is 42.4 Å². The minimum absolute atomic E-state index is 0.0623. The zero-order valence-electron chi connectivity index (χ0n) is 15.2. The number of hydrogen-bond acceptors (Lipinski definition) is 6. The van der Waals surface area contributed by atoms with Gasteiger partial charge in [0, 0.05) is 0 Å². The van der Waals surface area contributed by atoms with Crippen molar-refractivity contribution in [2.24, 2.45) is 5.73 Å². The molecule has 0 aliphatic heterocycles. The number of benzene rings is 1. The van der Waals surface area contributed by atoms with Crippen LogP contribution in [0.2, 0.25) is 0 Å². The van der Waals surface area contributed by atoms with E-state index in [2.05, 4.69) is 22.4 Å². The molecule has 7 heteroatoms. The average Bonchev–Trinajstić information content (AvgIpc) is 3.03. The van der Waals surface area contributed by atoms with Crippen molar-refractivity contribution in [2.45, 2.75) is 39.3 Å². The van der Waals surface area contributed by atoms with Crippen molar-refractivity contribution in [3.05, 3.63) is 57.8 Å². The minimum Gasteiger partial charge on any atom is -0.335 e. The lowest BCUT2D eigenvalue weighted by Gasteiger charge is -2.20. The highest BCUT2D eigenvalue weighted by atomic mass is 16.5. The Balaban J connectivity index is 2.09. The van der Waals surface area contributed by atoms with E-state index in [1.165, 1.54) is 0 Å². The van der Waals surface area contributed by atoms with Crippen molar-refractivity contribution >= 4 is 11.1 Å². The standard InChI is InChI=1S/C19H25N5O2/c1-3-15(21-11-7-10-20)17-22-18-16(13(2)23-26-18)19(25)24(17)12-14-8-5-4-6-9-14/h4-6,8-9,15,21H,3,7,10-12,20H2,1-2H3. The van der Waals surface area contributed by atoms with E-state index in [9.17, 15) is 4.79 Å². The number of aryl methyl sites for hydroxylation is 1. The first-order chi connectivity index (χ1) is 12.7. The molecule has 0 aliphatic carbocycles. The van der Waals surface area contributed by atoms with Crippen LogP contribution in [-0.4, -0.2) is 27.8 Å². The molecule has 1 unspecified atom stereocenters. The number of nitrogens with zero attached hydrogens (tertiary/aromatic N) is 3. The fraction of sp³-hybridized carbons (Fsp3) is 0.421. The maximum absolute atomic E-state index is 13.2. The SMILES string of the molecule is CCC(NCCCN)c1nc2onc(C)c2c(=O)n1Cc1ccccc1.